The summed E-state index contributed by atoms with van der Waals surface area (Å²) in [5.74, 6) is -0.741. The van der Waals surface area contributed by atoms with Crippen LogP contribution in [0.4, 0.5) is 0 Å². The number of rotatable bonds is 6. The Morgan fingerprint density at radius 1 is 1.37 bits per heavy atom. The predicted molar refractivity (Wildman–Crippen MR) is 74.2 cm³/mol. The van der Waals surface area contributed by atoms with Crippen molar-refractivity contribution in [3.8, 4) is 5.75 Å². The van der Waals surface area contributed by atoms with Gasteiger partial charge < -0.3 is 14.7 Å². The fourth-order valence-electron chi connectivity index (χ4n) is 2.29. The molecule has 1 fully saturated rings. The molecule has 1 heterocycles. The molecular weight excluding hydrogens is 266 g/mol. The third-order valence-electron chi connectivity index (χ3n) is 3.26. The summed E-state index contributed by atoms with van der Waals surface area (Å²) in [6.07, 6.45) is 3.42. The highest BCUT2D eigenvalue weighted by molar-refractivity contribution is 6.32. The number of carboxylic acids is 1. The Morgan fingerprint density at radius 3 is 2.79 bits per heavy atom. The van der Waals surface area contributed by atoms with Gasteiger partial charge in [-0.1, -0.05) is 17.7 Å². The smallest absolute Gasteiger partial charge is 0.339 e. The summed E-state index contributed by atoms with van der Waals surface area (Å²) in [6, 6.07) is 4.76. The van der Waals surface area contributed by atoms with Crippen molar-refractivity contribution < 1.29 is 14.6 Å². The number of benzene rings is 1. The predicted octanol–water partition coefficient (Wildman–Crippen LogP) is 2.90. The standard InChI is InChI=1S/C14H18ClNO3/c15-12-6-3-5-11(14(17)18)13(12)19-10-4-9-16-7-1-2-8-16/h3,5-6H,1-2,4,7-10H2,(H,17,18). The van der Waals surface area contributed by atoms with Gasteiger partial charge in [0.05, 0.1) is 11.6 Å². The molecule has 5 heteroatoms. The first-order valence-electron chi connectivity index (χ1n) is 6.55. The average Bonchev–Trinajstić information content (AvgIpc) is 2.88. The van der Waals surface area contributed by atoms with Crippen LogP contribution in [0.15, 0.2) is 18.2 Å². The van der Waals surface area contributed by atoms with Gasteiger partial charge in [0, 0.05) is 6.54 Å². The molecule has 1 saturated heterocycles. The maximum atomic E-state index is 11.1. The minimum Gasteiger partial charge on any atom is -0.491 e. The van der Waals surface area contributed by atoms with E-state index >= 15 is 0 Å². The molecule has 0 spiro atoms. The quantitative estimate of drug-likeness (QED) is 0.816. The van der Waals surface area contributed by atoms with Crippen molar-refractivity contribution in [3.05, 3.63) is 28.8 Å². The lowest BCUT2D eigenvalue weighted by molar-refractivity contribution is 0.0692. The zero-order valence-corrected chi connectivity index (χ0v) is 11.5. The first-order chi connectivity index (χ1) is 9.18. The molecule has 0 aromatic heterocycles. The van der Waals surface area contributed by atoms with Crippen molar-refractivity contribution in [2.75, 3.05) is 26.2 Å². The molecule has 0 aliphatic carbocycles. The number of hydrogen-bond donors (Lipinski definition) is 1. The SMILES string of the molecule is O=C(O)c1cccc(Cl)c1OCCCN1CCCC1. The third kappa shape index (κ3) is 3.85. The molecule has 1 aliphatic heterocycles. The van der Waals surface area contributed by atoms with E-state index in [0.717, 1.165) is 26.1 Å². The lowest BCUT2D eigenvalue weighted by Gasteiger charge is -2.15. The zero-order chi connectivity index (χ0) is 13.7. The largest absolute Gasteiger partial charge is 0.491 e. The minimum absolute atomic E-state index is 0.119. The molecule has 4 nitrogen and oxygen atoms in total. The molecule has 0 unspecified atom stereocenters. The summed E-state index contributed by atoms with van der Waals surface area (Å²) < 4.78 is 5.55. The van der Waals surface area contributed by atoms with Crippen LogP contribution in [-0.2, 0) is 0 Å². The van der Waals surface area contributed by atoms with Crippen molar-refractivity contribution in [2.45, 2.75) is 19.3 Å². The van der Waals surface area contributed by atoms with Crippen molar-refractivity contribution >= 4 is 17.6 Å². The van der Waals surface area contributed by atoms with Gasteiger partial charge in [-0.15, -0.1) is 0 Å². The molecular formula is C14H18ClNO3. The Morgan fingerprint density at radius 2 is 2.11 bits per heavy atom. The topological polar surface area (TPSA) is 49.8 Å². The number of para-hydroxylation sites is 1. The average molecular weight is 284 g/mol. The first kappa shape index (κ1) is 14.2. The lowest BCUT2D eigenvalue weighted by atomic mass is 10.2. The minimum atomic E-state index is -1.02. The zero-order valence-electron chi connectivity index (χ0n) is 10.8. The van der Waals surface area contributed by atoms with Gasteiger partial charge in [-0.05, 0) is 44.5 Å². The highest BCUT2D eigenvalue weighted by Gasteiger charge is 2.15. The molecule has 2 rings (SSSR count). The van der Waals surface area contributed by atoms with E-state index in [1.54, 1.807) is 12.1 Å². The third-order valence-corrected chi connectivity index (χ3v) is 3.56. The number of aromatic carboxylic acids is 1. The highest BCUT2D eigenvalue weighted by Crippen LogP contribution is 2.28. The molecule has 1 aromatic rings. The van der Waals surface area contributed by atoms with Gasteiger partial charge in [0.1, 0.15) is 5.56 Å². The summed E-state index contributed by atoms with van der Waals surface area (Å²) in [4.78, 5) is 13.5. The molecule has 1 aromatic carbocycles. The lowest BCUT2D eigenvalue weighted by Crippen LogP contribution is -2.22. The van der Waals surface area contributed by atoms with Gasteiger partial charge in [-0.3, -0.25) is 0 Å². The number of likely N-dealkylation sites (tertiary alicyclic amines) is 1. The van der Waals surface area contributed by atoms with Crippen LogP contribution >= 0.6 is 11.6 Å². The summed E-state index contributed by atoms with van der Waals surface area (Å²) >= 11 is 5.98. The fraction of sp³-hybridized carbons (Fsp3) is 0.500. The highest BCUT2D eigenvalue weighted by atomic mass is 35.5. The van der Waals surface area contributed by atoms with Crippen LogP contribution in [0.3, 0.4) is 0 Å². The van der Waals surface area contributed by atoms with E-state index in [-0.39, 0.29) is 11.3 Å². The summed E-state index contributed by atoms with van der Waals surface area (Å²) in [5.41, 5.74) is 0.119. The van der Waals surface area contributed by atoms with Gasteiger partial charge in [0.25, 0.3) is 0 Å². The van der Waals surface area contributed by atoms with Gasteiger partial charge in [-0.25, -0.2) is 4.79 Å². The molecule has 104 valence electrons. The molecule has 0 bridgehead atoms. The number of halogens is 1. The molecule has 0 amide bonds. The summed E-state index contributed by atoms with van der Waals surface area (Å²) in [5, 5.41) is 9.42. The van der Waals surface area contributed by atoms with Gasteiger partial charge in [0.2, 0.25) is 0 Å². The number of carboxylic acid groups (broad SMARTS) is 1. The molecule has 1 N–H and O–H groups in total. The van der Waals surface area contributed by atoms with E-state index in [4.69, 9.17) is 21.4 Å². The molecule has 0 atom stereocenters. The Bertz CT molecular complexity index is 444. The van der Waals surface area contributed by atoms with Crippen molar-refractivity contribution in [3.63, 3.8) is 0 Å². The van der Waals surface area contributed by atoms with Crippen LogP contribution in [0.2, 0.25) is 5.02 Å². The van der Waals surface area contributed by atoms with Crippen LogP contribution in [-0.4, -0.2) is 42.2 Å². The molecule has 0 radical (unpaired) electrons. The van der Waals surface area contributed by atoms with Gasteiger partial charge in [-0.2, -0.15) is 0 Å². The number of ether oxygens (including phenoxy) is 1. The second-order valence-electron chi connectivity index (χ2n) is 4.67. The normalized spacial score (nSPS) is 15.6. The van der Waals surface area contributed by atoms with Crippen LogP contribution in [0.25, 0.3) is 0 Å². The van der Waals surface area contributed by atoms with Crippen molar-refractivity contribution in [1.29, 1.82) is 0 Å². The molecule has 19 heavy (non-hydrogen) atoms. The van der Waals surface area contributed by atoms with E-state index in [1.165, 1.54) is 18.9 Å². The summed E-state index contributed by atoms with van der Waals surface area (Å²) in [7, 11) is 0. The fourth-order valence-corrected chi connectivity index (χ4v) is 2.52. The van der Waals surface area contributed by atoms with Crippen LogP contribution in [0.1, 0.15) is 29.6 Å². The van der Waals surface area contributed by atoms with Crippen LogP contribution < -0.4 is 4.74 Å². The van der Waals surface area contributed by atoms with E-state index in [2.05, 4.69) is 4.90 Å². The van der Waals surface area contributed by atoms with Gasteiger partial charge >= 0.3 is 5.97 Å². The number of carbonyl (C=O) groups is 1. The Labute approximate surface area is 117 Å². The van der Waals surface area contributed by atoms with E-state index < -0.39 is 5.97 Å². The van der Waals surface area contributed by atoms with Crippen molar-refractivity contribution in [1.82, 2.24) is 4.90 Å². The Kier molecular flexibility index (Phi) is 5.05. The van der Waals surface area contributed by atoms with Crippen LogP contribution in [0, 0.1) is 0 Å². The second-order valence-corrected chi connectivity index (χ2v) is 5.08. The maximum Gasteiger partial charge on any atom is 0.339 e. The maximum absolute atomic E-state index is 11.1. The molecule has 0 saturated carbocycles. The molecule has 1 aliphatic rings. The van der Waals surface area contributed by atoms with Crippen LogP contribution in [0.5, 0.6) is 5.75 Å². The van der Waals surface area contributed by atoms with E-state index in [0.29, 0.717) is 11.6 Å². The Hall–Kier alpha value is -1.26. The van der Waals surface area contributed by atoms with E-state index in [1.807, 2.05) is 0 Å². The second kappa shape index (κ2) is 6.78. The monoisotopic (exact) mass is 283 g/mol. The number of hydrogen-bond acceptors (Lipinski definition) is 3. The Balaban J connectivity index is 1.86. The summed E-state index contributed by atoms with van der Waals surface area (Å²) in [6.45, 7) is 3.80. The number of nitrogens with zero attached hydrogens (tertiary/aromatic N) is 1. The van der Waals surface area contributed by atoms with Crippen molar-refractivity contribution in [2.24, 2.45) is 0 Å². The first-order valence-corrected chi connectivity index (χ1v) is 6.93. The van der Waals surface area contributed by atoms with E-state index in [9.17, 15) is 4.79 Å². The van der Waals surface area contributed by atoms with Gasteiger partial charge in [0.15, 0.2) is 5.75 Å².